The lowest BCUT2D eigenvalue weighted by molar-refractivity contribution is 0.107. The second-order valence-corrected chi connectivity index (χ2v) is 4.88. The fourth-order valence-electron chi connectivity index (χ4n) is 2.07. The topological polar surface area (TPSA) is 41.5 Å². The molecule has 0 bridgehead atoms. The first-order chi connectivity index (χ1) is 8.16. The van der Waals surface area contributed by atoms with Gasteiger partial charge in [0.05, 0.1) is 12.2 Å². The lowest BCUT2D eigenvalue weighted by Gasteiger charge is -2.19. The van der Waals surface area contributed by atoms with Crippen LogP contribution in [0.15, 0.2) is 24.3 Å². The van der Waals surface area contributed by atoms with Crippen molar-refractivity contribution in [3.8, 4) is 0 Å². The minimum atomic E-state index is -0.500. The lowest BCUT2D eigenvalue weighted by atomic mass is 10.1. The van der Waals surface area contributed by atoms with Crippen molar-refractivity contribution in [1.82, 2.24) is 5.32 Å². The second kappa shape index (κ2) is 5.83. The summed E-state index contributed by atoms with van der Waals surface area (Å²) in [6, 6.07) is 7.63. The molecule has 1 heterocycles. The summed E-state index contributed by atoms with van der Waals surface area (Å²) in [5.74, 6) is 0. The molecule has 0 radical (unpaired) electrons. The first kappa shape index (κ1) is 12.8. The summed E-state index contributed by atoms with van der Waals surface area (Å²) in [6.07, 6.45) is 0.738. The molecule has 3 nitrogen and oxygen atoms in total. The highest BCUT2D eigenvalue weighted by molar-refractivity contribution is 6.30. The van der Waals surface area contributed by atoms with Gasteiger partial charge in [0.25, 0.3) is 0 Å². The number of nitrogens with one attached hydrogen (secondary N) is 1. The van der Waals surface area contributed by atoms with E-state index in [1.807, 2.05) is 12.1 Å². The Kier molecular flexibility index (Phi) is 4.40. The van der Waals surface area contributed by atoms with Crippen LogP contribution < -0.4 is 5.32 Å². The maximum absolute atomic E-state index is 10.0. The van der Waals surface area contributed by atoms with Gasteiger partial charge < -0.3 is 15.2 Å². The Morgan fingerprint density at radius 1 is 1.47 bits per heavy atom. The molecule has 2 rings (SSSR count). The molecule has 1 aliphatic heterocycles. The Morgan fingerprint density at radius 3 is 2.76 bits per heavy atom. The van der Waals surface area contributed by atoms with Crippen LogP contribution in [0, 0.1) is 0 Å². The summed E-state index contributed by atoms with van der Waals surface area (Å²) in [5, 5.41) is 14.0. The van der Waals surface area contributed by atoms with Gasteiger partial charge in [-0.25, -0.2) is 0 Å². The number of aliphatic hydroxyl groups excluding tert-OH is 1. The predicted octanol–water partition coefficient (Wildman–Crippen LogP) is 2.14. The van der Waals surface area contributed by atoms with E-state index in [2.05, 4.69) is 12.2 Å². The normalized spacial score (nSPS) is 26.1. The first-order valence-corrected chi connectivity index (χ1v) is 6.33. The molecular weight excluding hydrogens is 238 g/mol. The molecule has 0 saturated carbocycles. The molecule has 1 fully saturated rings. The number of hydrogen-bond donors (Lipinski definition) is 2. The molecule has 94 valence electrons. The fourth-order valence-corrected chi connectivity index (χ4v) is 2.19. The van der Waals surface area contributed by atoms with Crippen LogP contribution in [0.2, 0.25) is 5.02 Å². The Labute approximate surface area is 107 Å². The van der Waals surface area contributed by atoms with E-state index in [4.69, 9.17) is 16.3 Å². The van der Waals surface area contributed by atoms with E-state index < -0.39 is 6.10 Å². The molecule has 1 saturated heterocycles. The van der Waals surface area contributed by atoms with E-state index in [9.17, 15) is 5.11 Å². The average molecular weight is 256 g/mol. The standard InChI is InChI=1S/C13H18ClNO2/c1-9-12(6-7-17-9)15-8-13(16)10-2-4-11(14)5-3-10/h2-5,9,12-13,15-16H,6-8H2,1H3. The average Bonchev–Trinajstić information content (AvgIpc) is 2.73. The van der Waals surface area contributed by atoms with Crippen molar-refractivity contribution in [1.29, 1.82) is 0 Å². The summed E-state index contributed by atoms with van der Waals surface area (Å²) in [4.78, 5) is 0. The van der Waals surface area contributed by atoms with E-state index in [0.717, 1.165) is 18.6 Å². The van der Waals surface area contributed by atoms with Crippen molar-refractivity contribution in [3.63, 3.8) is 0 Å². The van der Waals surface area contributed by atoms with Crippen LogP contribution in [-0.4, -0.2) is 30.4 Å². The summed E-state index contributed by atoms with van der Waals surface area (Å²) < 4.78 is 5.46. The van der Waals surface area contributed by atoms with Gasteiger partial charge in [-0.05, 0) is 31.0 Å². The van der Waals surface area contributed by atoms with E-state index in [1.165, 1.54) is 0 Å². The minimum Gasteiger partial charge on any atom is -0.387 e. The van der Waals surface area contributed by atoms with E-state index >= 15 is 0 Å². The third-order valence-corrected chi connectivity index (χ3v) is 3.46. The number of hydrogen-bond acceptors (Lipinski definition) is 3. The lowest BCUT2D eigenvalue weighted by Crippen LogP contribution is -2.37. The Balaban J connectivity index is 1.84. The van der Waals surface area contributed by atoms with Crippen molar-refractivity contribution in [3.05, 3.63) is 34.9 Å². The minimum absolute atomic E-state index is 0.229. The van der Waals surface area contributed by atoms with Crippen LogP contribution in [0.1, 0.15) is 25.0 Å². The van der Waals surface area contributed by atoms with Crippen molar-refractivity contribution in [2.24, 2.45) is 0 Å². The largest absolute Gasteiger partial charge is 0.387 e. The van der Waals surface area contributed by atoms with Crippen LogP contribution in [0.4, 0.5) is 0 Å². The molecule has 17 heavy (non-hydrogen) atoms. The molecule has 0 aliphatic carbocycles. The molecular formula is C13H18ClNO2. The second-order valence-electron chi connectivity index (χ2n) is 4.45. The van der Waals surface area contributed by atoms with Crippen LogP contribution >= 0.6 is 11.6 Å². The van der Waals surface area contributed by atoms with E-state index in [1.54, 1.807) is 12.1 Å². The monoisotopic (exact) mass is 255 g/mol. The molecule has 1 aromatic carbocycles. The van der Waals surface area contributed by atoms with Crippen molar-refractivity contribution in [2.45, 2.75) is 31.6 Å². The molecule has 3 atom stereocenters. The number of benzene rings is 1. The van der Waals surface area contributed by atoms with Crippen molar-refractivity contribution >= 4 is 11.6 Å². The van der Waals surface area contributed by atoms with E-state index in [0.29, 0.717) is 17.6 Å². The number of halogens is 1. The van der Waals surface area contributed by atoms with Crippen LogP contribution in [0.3, 0.4) is 0 Å². The highest BCUT2D eigenvalue weighted by Gasteiger charge is 2.24. The number of aliphatic hydroxyl groups is 1. The predicted molar refractivity (Wildman–Crippen MR) is 68.2 cm³/mol. The molecule has 2 N–H and O–H groups in total. The summed E-state index contributed by atoms with van der Waals surface area (Å²) >= 11 is 5.80. The summed E-state index contributed by atoms with van der Waals surface area (Å²) in [6.45, 7) is 3.40. The van der Waals surface area contributed by atoms with Crippen LogP contribution in [-0.2, 0) is 4.74 Å². The molecule has 4 heteroatoms. The third-order valence-electron chi connectivity index (χ3n) is 3.20. The smallest absolute Gasteiger partial charge is 0.0914 e. The zero-order valence-electron chi connectivity index (χ0n) is 9.90. The van der Waals surface area contributed by atoms with Gasteiger partial charge in [0.2, 0.25) is 0 Å². The number of ether oxygens (including phenoxy) is 1. The molecule has 1 aromatic rings. The SMILES string of the molecule is CC1OCCC1NCC(O)c1ccc(Cl)cc1. The molecule has 0 spiro atoms. The maximum atomic E-state index is 10.0. The molecule has 0 amide bonds. The third kappa shape index (κ3) is 3.42. The number of rotatable bonds is 4. The maximum Gasteiger partial charge on any atom is 0.0914 e. The molecule has 0 aromatic heterocycles. The van der Waals surface area contributed by atoms with Gasteiger partial charge in [-0.1, -0.05) is 23.7 Å². The van der Waals surface area contributed by atoms with Gasteiger partial charge in [0.1, 0.15) is 0 Å². The summed E-state index contributed by atoms with van der Waals surface area (Å²) in [7, 11) is 0. The van der Waals surface area contributed by atoms with Crippen molar-refractivity contribution in [2.75, 3.05) is 13.2 Å². The quantitative estimate of drug-likeness (QED) is 0.866. The van der Waals surface area contributed by atoms with Crippen molar-refractivity contribution < 1.29 is 9.84 Å². The van der Waals surface area contributed by atoms with E-state index in [-0.39, 0.29) is 6.10 Å². The zero-order valence-corrected chi connectivity index (χ0v) is 10.7. The first-order valence-electron chi connectivity index (χ1n) is 5.95. The Bertz CT molecular complexity index is 355. The Morgan fingerprint density at radius 2 is 2.18 bits per heavy atom. The van der Waals surface area contributed by atoms with Gasteiger partial charge in [0.15, 0.2) is 0 Å². The summed E-state index contributed by atoms with van der Waals surface area (Å²) in [5.41, 5.74) is 0.883. The van der Waals surface area contributed by atoms with Gasteiger partial charge in [-0.2, -0.15) is 0 Å². The van der Waals surface area contributed by atoms with Gasteiger partial charge in [-0.3, -0.25) is 0 Å². The molecule has 3 unspecified atom stereocenters. The zero-order chi connectivity index (χ0) is 12.3. The fraction of sp³-hybridized carbons (Fsp3) is 0.538. The van der Waals surface area contributed by atoms with Gasteiger partial charge in [0, 0.05) is 24.2 Å². The molecule has 1 aliphatic rings. The van der Waals surface area contributed by atoms with Gasteiger partial charge >= 0.3 is 0 Å². The van der Waals surface area contributed by atoms with Crippen LogP contribution in [0.25, 0.3) is 0 Å². The Hall–Kier alpha value is -0.610. The van der Waals surface area contributed by atoms with Crippen LogP contribution in [0.5, 0.6) is 0 Å². The highest BCUT2D eigenvalue weighted by Crippen LogP contribution is 2.17. The highest BCUT2D eigenvalue weighted by atomic mass is 35.5. The van der Waals surface area contributed by atoms with Gasteiger partial charge in [-0.15, -0.1) is 0 Å².